The summed E-state index contributed by atoms with van der Waals surface area (Å²) in [7, 11) is 0. The second kappa shape index (κ2) is 7.23. The molecule has 1 N–H and O–H groups in total. The molecule has 24 heavy (non-hydrogen) atoms. The first-order chi connectivity index (χ1) is 11.7. The number of ether oxygens (including phenoxy) is 1. The number of aromatic nitrogens is 3. The largest absolute Gasteiger partial charge is 0.493 e. The fraction of sp³-hybridized carbons (Fsp3) is 0.167. The Balaban J connectivity index is 2.09. The fourth-order valence-electron chi connectivity index (χ4n) is 2.38. The summed E-state index contributed by atoms with van der Waals surface area (Å²) in [5, 5.41) is 11.8. The van der Waals surface area contributed by atoms with E-state index < -0.39 is 0 Å². The van der Waals surface area contributed by atoms with Crippen LogP contribution in [0.4, 0.5) is 0 Å². The molecule has 6 heteroatoms. The average molecular weight is 338 g/mol. The molecule has 0 saturated carbocycles. The van der Waals surface area contributed by atoms with E-state index in [0.29, 0.717) is 17.2 Å². The maximum atomic E-state index is 5.70. The number of aromatic amines is 1. The number of nitrogens with zero attached hydrogens (tertiary/aromatic N) is 3. The summed E-state index contributed by atoms with van der Waals surface area (Å²) in [5.41, 5.74) is 2.73. The Kier molecular flexibility index (Phi) is 4.86. The van der Waals surface area contributed by atoms with E-state index in [-0.39, 0.29) is 0 Å². The maximum Gasteiger partial charge on any atom is 0.216 e. The number of hydrogen-bond acceptors (Lipinski definition) is 4. The third kappa shape index (κ3) is 3.28. The van der Waals surface area contributed by atoms with Gasteiger partial charge in [0.25, 0.3) is 0 Å². The van der Waals surface area contributed by atoms with Crippen LogP contribution in [0.1, 0.15) is 19.4 Å². The first-order valence-electron chi connectivity index (χ1n) is 7.71. The van der Waals surface area contributed by atoms with Crippen molar-refractivity contribution in [3.05, 3.63) is 64.9 Å². The Morgan fingerprint density at radius 1 is 1.17 bits per heavy atom. The van der Waals surface area contributed by atoms with Crippen molar-refractivity contribution in [3.8, 4) is 17.1 Å². The topological polar surface area (TPSA) is 55.2 Å². The summed E-state index contributed by atoms with van der Waals surface area (Å²) in [6.45, 7) is 4.47. The zero-order chi connectivity index (χ0) is 16.9. The van der Waals surface area contributed by atoms with Gasteiger partial charge in [-0.15, -0.1) is 0 Å². The summed E-state index contributed by atoms with van der Waals surface area (Å²) in [5.74, 6) is 1.38. The zero-order valence-electron chi connectivity index (χ0n) is 13.6. The van der Waals surface area contributed by atoms with Crippen molar-refractivity contribution in [2.45, 2.75) is 13.8 Å². The van der Waals surface area contributed by atoms with Crippen LogP contribution in [0.2, 0.25) is 0 Å². The molecule has 0 unspecified atom stereocenters. The van der Waals surface area contributed by atoms with E-state index in [0.717, 1.165) is 22.6 Å². The van der Waals surface area contributed by atoms with Crippen molar-refractivity contribution >= 4 is 17.9 Å². The van der Waals surface area contributed by atoms with Gasteiger partial charge in [0.15, 0.2) is 5.82 Å². The van der Waals surface area contributed by atoms with Crippen molar-refractivity contribution in [2.75, 3.05) is 6.61 Å². The van der Waals surface area contributed by atoms with Crippen molar-refractivity contribution in [1.82, 2.24) is 14.9 Å². The Morgan fingerprint density at radius 3 is 2.62 bits per heavy atom. The molecule has 1 heterocycles. The molecule has 0 atom stereocenters. The number of hydrogen-bond donors (Lipinski definition) is 1. The number of nitrogens with one attached hydrogen (secondary N) is 1. The predicted molar refractivity (Wildman–Crippen MR) is 98.1 cm³/mol. The number of rotatable bonds is 5. The molecular formula is C18H18N4OS. The maximum absolute atomic E-state index is 5.70. The molecule has 0 fully saturated rings. The van der Waals surface area contributed by atoms with Gasteiger partial charge < -0.3 is 4.74 Å². The quantitative estimate of drug-likeness (QED) is 0.558. The highest BCUT2D eigenvalue weighted by Gasteiger charge is 2.13. The first kappa shape index (κ1) is 16.1. The number of H-pyrrole nitrogens is 1. The van der Waals surface area contributed by atoms with E-state index in [4.69, 9.17) is 17.0 Å². The molecule has 3 aromatic rings. The molecule has 2 aromatic carbocycles. The van der Waals surface area contributed by atoms with Crippen LogP contribution < -0.4 is 4.74 Å². The first-order valence-corrected chi connectivity index (χ1v) is 8.12. The van der Waals surface area contributed by atoms with Crippen LogP contribution >= 0.6 is 12.2 Å². The van der Waals surface area contributed by atoms with Gasteiger partial charge in [0.1, 0.15) is 5.75 Å². The molecule has 5 nitrogen and oxygen atoms in total. The third-order valence-electron chi connectivity index (χ3n) is 3.52. The molecule has 1 aromatic heterocycles. The standard InChI is InChI=1S/C18H18N4OS/c1-3-23-16-12-8-7-11-15(16)17-19-20-18(24)22(17)21-13(2)14-9-5-4-6-10-14/h4-12H,3H2,1-2H3,(H,20,24)/b21-13+. The van der Waals surface area contributed by atoms with E-state index in [9.17, 15) is 0 Å². The summed E-state index contributed by atoms with van der Waals surface area (Å²) < 4.78 is 7.77. The summed E-state index contributed by atoms with van der Waals surface area (Å²) in [6.07, 6.45) is 0. The predicted octanol–water partition coefficient (Wildman–Crippen LogP) is 4.28. The SMILES string of the molecule is CCOc1ccccc1-c1n[nH]c(=S)n1/N=C(\C)c1ccccc1. The second-order valence-electron chi connectivity index (χ2n) is 5.14. The van der Waals surface area contributed by atoms with Crippen molar-refractivity contribution in [1.29, 1.82) is 0 Å². The van der Waals surface area contributed by atoms with Crippen LogP contribution in [-0.4, -0.2) is 27.2 Å². The number of para-hydroxylation sites is 1. The monoisotopic (exact) mass is 338 g/mol. The van der Waals surface area contributed by atoms with E-state index in [1.165, 1.54) is 0 Å². The van der Waals surface area contributed by atoms with Gasteiger partial charge in [-0.1, -0.05) is 42.5 Å². The van der Waals surface area contributed by atoms with Gasteiger partial charge in [-0.05, 0) is 43.8 Å². The summed E-state index contributed by atoms with van der Waals surface area (Å²) >= 11 is 5.35. The van der Waals surface area contributed by atoms with E-state index in [2.05, 4.69) is 15.3 Å². The molecule has 0 radical (unpaired) electrons. The van der Waals surface area contributed by atoms with Crippen LogP contribution in [0.5, 0.6) is 5.75 Å². The molecule has 0 amide bonds. The summed E-state index contributed by atoms with van der Waals surface area (Å²) in [6, 6.07) is 17.7. The van der Waals surface area contributed by atoms with E-state index in [1.807, 2.05) is 68.4 Å². The molecule has 0 saturated heterocycles. The minimum Gasteiger partial charge on any atom is -0.493 e. The molecule has 122 valence electrons. The van der Waals surface area contributed by atoms with Gasteiger partial charge in [-0.3, -0.25) is 0 Å². The van der Waals surface area contributed by atoms with Gasteiger partial charge in [0.05, 0.1) is 17.9 Å². The second-order valence-corrected chi connectivity index (χ2v) is 5.53. The lowest BCUT2D eigenvalue weighted by Crippen LogP contribution is -2.02. The fourth-order valence-corrected chi connectivity index (χ4v) is 2.55. The molecule has 0 spiro atoms. The Morgan fingerprint density at radius 2 is 1.88 bits per heavy atom. The van der Waals surface area contributed by atoms with Crippen molar-refractivity contribution in [2.24, 2.45) is 5.10 Å². The van der Waals surface area contributed by atoms with Gasteiger partial charge in [0.2, 0.25) is 4.77 Å². The highest BCUT2D eigenvalue weighted by Crippen LogP contribution is 2.28. The normalized spacial score (nSPS) is 11.5. The molecule has 0 aliphatic rings. The van der Waals surface area contributed by atoms with Crippen LogP contribution in [-0.2, 0) is 0 Å². The average Bonchev–Trinajstić information content (AvgIpc) is 2.97. The Labute approximate surface area is 145 Å². The van der Waals surface area contributed by atoms with Gasteiger partial charge in [-0.25, -0.2) is 5.10 Å². The molecular weight excluding hydrogens is 320 g/mol. The van der Waals surface area contributed by atoms with Crippen molar-refractivity contribution < 1.29 is 4.74 Å². The summed E-state index contributed by atoms with van der Waals surface area (Å²) in [4.78, 5) is 0. The van der Waals surface area contributed by atoms with Crippen LogP contribution in [0.15, 0.2) is 59.7 Å². The minimum absolute atomic E-state index is 0.437. The lowest BCUT2D eigenvalue weighted by molar-refractivity contribution is 0.341. The van der Waals surface area contributed by atoms with Crippen LogP contribution in [0.25, 0.3) is 11.4 Å². The molecule has 0 aliphatic heterocycles. The van der Waals surface area contributed by atoms with Crippen LogP contribution in [0, 0.1) is 4.77 Å². The number of benzene rings is 2. The van der Waals surface area contributed by atoms with E-state index >= 15 is 0 Å². The smallest absolute Gasteiger partial charge is 0.216 e. The van der Waals surface area contributed by atoms with Gasteiger partial charge >= 0.3 is 0 Å². The van der Waals surface area contributed by atoms with Crippen molar-refractivity contribution in [3.63, 3.8) is 0 Å². The Bertz CT molecular complexity index is 912. The molecule has 0 bridgehead atoms. The van der Waals surface area contributed by atoms with Gasteiger partial charge in [-0.2, -0.15) is 14.9 Å². The van der Waals surface area contributed by atoms with Gasteiger partial charge in [0, 0.05) is 0 Å². The zero-order valence-corrected chi connectivity index (χ0v) is 14.4. The van der Waals surface area contributed by atoms with Crippen LogP contribution in [0.3, 0.4) is 0 Å². The Hall–Kier alpha value is -2.73. The highest BCUT2D eigenvalue weighted by atomic mass is 32.1. The van der Waals surface area contributed by atoms with E-state index in [1.54, 1.807) is 4.68 Å². The minimum atomic E-state index is 0.437. The highest BCUT2D eigenvalue weighted by molar-refractivity contribution is 7.71. The third-order valence-corrected chi connectivity index (χ3v) is 3.78. The lowest BCUT2D eigenvalue weighted by Gasteiger charge is -2.09. The molecule has 0 aliphatic carbocycles. The molecule has 3 rings (SSSR count). The lowest BCUT2D eigenvalue weighted by atomic mass is 10.1.